The Kier molecular flexibility index (Phi) is 6.43. The van der Waals surface area contributed by atoms with Gasteiger partial charge in [-0.25, -0.2) is 0 Å². The summed E-state index contributed by atoms with van der Waals surface area (Å²) >= 11 is 0. The molecule has 2 aliphatic heterocycles. The molecular formula is C24H31N3O3. The largest absolute Gasteiger partial charge is 0.494 e. The van der Waals surface area contributed by atoms with Crippen LogP contribution in [0.25, 0.3) is 0 Å². The molecule has 0 radical (unpaired) electrons. The zero-order valence-corrected chi connectivity index (χ0v) is 17.6. The number of fused-ring (bicyclic) bond motifs is 1. The number of aliphatic imine (C=N–C) groups is 1. The van der Waals surface area contributed by atoms with Gasteiger partial charge >= 0.3 is 0 Å². The highest BCUT2D eigenvalue weighted by molar-refractivity contribution is 5.78. The van der Waals surface area contributed by atoms with E-state index >= 15 is 0 Å². The second-order valence-electron chi connectivity index (χ2n) is 7.92. The van der Waals surface area contributed by atoms with Crippen molar-refractivity contribution in [3.05, 3.63) is 59.7 Å². The molecule has 1 fully saturated rings. The second kappa shape index (κ2) is 9.39. The lowest BCUT2D eigenvalue weighted by Gasteiger charge is -2.37. The number of benzene rings is 2. The standard InChI is InChI=1S/C24H31N3O3/c1-2-29-19-9-7-18(8-10-19)24(12-15-28-16-13-24)17-26-23(25)27-21-11-14-30-22-6-4-3-5-20(21)22/h3-10,21H,2,11-17H2,1H3,(H3,25,26,27). The minimum absolute atomic E-state index is 0.0666. The summed E-state index contributed by atoms with van der Waals surface area (Å²) in [5, 5.41) is 3.41. The highest BCUT2D eigenvalue weighted by Gasteiger charge is 2.34. The van der Waals surface area contributed by atoms with E-state index in [0.717, 1.165) is 49.5 Å². The first-order valence-corrected chi connectivity index (χ1v) is 10.8. The third-order valence-electron chi connectivity index (χ3n) is 6.06. The van der Waals surface area contributed by atoms with E-state index in [9.17, 15) is 0 Å². The van der Waals surface area contributed by atoms with Crippen LogP contribution in [-0.2, 0) is 10.2 Å². The maximum atomic E-state index is 6.33. The van der Waals surface area contributed by atoms with Gasteiger partial charge in [-0.1, -0.05) is 30.3 Å². The highest BCUT2D eigenvalue weighted by Crippen LogP contribution is 2.36. The maximum Gasteiger partial charge on any atom is 0.189 e. The summed E-state index contributed by atoms with van der Waals surface area (Å²) in [5.41, 5.74) is 8.66. The minimum atomic E-state index is -0.0666. The molecule has 6 heteroatoms. The van der Waals surface area contributed by atoms with E-state index in [1.54, 1.807) is 0 Å². The van der Waals surface area contributed by atoms with Gasteiger partial charge in [-0.15, -0.1) is 0 Å². The summed E-state index contributed by atoms with van der Waals surface area (Å²) in [6.07, 6.45) is 2.72. The molecule has 6 nitrogen and oxygen atoms in total. The molecule has 0 saturated carbocycles. The molecule has 0 bridgehead atoms. The molecular weight excluding hydrogens is 378 g/mol. The molecule has 0 amide bonds. The summed E-state index contributed by atoms with van der Waals surface area (Å²) in [6, 6.07) is 16.6. The van der Waals surface area contributed by atoms with Crippen LogP contribution in [0.2, 0.25) is 0 Å². The molecule has 2 aromatic carbocycles. The SMILES string of the molecule is CCOc1ccc(C2(CN=C(N)NC3CCOc4ccccc43)CCOCC2)cc1. The number of hydrogen-bond acceptors (Lipinski definition) is 4. The third-order valence-corrected chi connectivity index (χ3v) is 6.06. The van der Waals surface area contributed by atoms with Crippen LogP contribution in [0, 0.1) is 0 Å². The molecule has 160 valence electrons. The van der Waals surface area contributed by atoms with Gasteiger partial charge in [0, 0.05) is 30.6 Å². The average molecular weight is 410 g/mol. The zero-order valence-electron chi connectivity index (χ0n) is 17.6. The van der Waals surface area contributed by atoms with E-state index < -0.39 is 0 Å². The van der Waals surface area contributed by atoms with Crippen molar-refractivity contribution in [1.82, 2.24) is 5.32 Å². The normalized spacial score (nSPS) is 20.7. The molecule has 1 unspecified atom stereocenters. The van der Waals surface area contributed by atoms with Crippen molar-refractivity contribution in [3.63, 3.8) is 0 Å². The number of rotatable bonds is 6. The van der Waals surface area contributed by atoms with Crippen LogP contribution in [0.3, 0.4) is 0 Å². The third kappa shape index (κ3) is 4.54. The molecule has 1 atom stereocenters. The number of ether oxygens (including phenoxy) is 3. The summed E-state index contributed by atoms with van der Waals surface area (Å²) in [5.74, 6) is 2.30. The van der Waals surface area contributed by atoms with Gasteiger partial charge in [-0.2, -0.15) is 0 Å². The van der Waals surface area contributed by atoms with Crippen molar-refractivity contribution in [1.29, 1.82) is 0 Å². The molecule has 3 N–H and O–H groups in total. The van der Waals surface area contributed by atoms with Crippen LogP contribution < -0.4 is 20.5 Å². The molecule has 2 heterocycles. The molecule has 4 rings (SSSR count). The summed E-state index contributed by atoms with van der Waals surface area (Å²) in [6.45, 7) is 5.45. The van der Waals surface area contributed by atoms with Crippen molar-refractivity contribution in [2.24, 2.45) is 10.7 Å². The fourth-order valence-corrected chi connectivity index (χ4v) is 4.32. The predicted molar refractivity (Wildman–Crippen MR) is 118 cm³/mol. The summed E-state index contributed by atoms with van der Waals surface area (Å²) < 4.78 is 17.0. The molecule has 1 saturated heterocycles. The van der Waals surface area contributed by atoms with E-state index in [1.807, 2.05) is 37.3 Å². The zero-order chi connectivity index (χ0) is 20.8. The smallest absolute Gasteiger partial charge is 0.189 e. The van der Waals surface area contributed by atoms with Gasteiger partial charge in [0.15, 0.2) is 5.96 Å². The Labute approximate surface area is 178 Å². The Bertz CT molecular complexity index is 860. The topological polar surface area (TPSA) is 78.1 Å². The number of para-hydroxylation sites is 1. The van der Waals surface area contributed by atoms with Crippen LogP contribution >= 0.6 is 0 Å². The van der Waals surface area contributed by atoms with Crippen molar-refractivity contribution in [2.75, 3.05) is 33.0 Å². The maximum absolute atomic E-state index is 6.33. The van der Waals surface area contributed by atoms with Crippen LogP contribution in [-0.4, -0.2) is 38.9 Å². The lowest BCUT2D eigenvalue weighted by molar-refractivity contribution is 0.0531. The predicted octanol–water partition coefficient (Wildman–Crippen LogP) is 3.56. The monoisotopic (exact) mass is 409 g/mol. The van der Waals surface area contributed by atoms with Gasteiger partial charge in [-0.3, -0.25) is 4.99 Å². The number of nitrogens with zero attached hydrogens (tertiary/aromatic N) is 1. The van der Waals surface area contributed by atoms with Crippen molar-refractivity contribution < 1.29 is 14.2 Å². The second-order valence-corrected chi connectivity index (χ2v) is 7.92. The van der Waals surface area contributed by atoms with Gasteiger partial charge in [0.1, 0.15) is 11.5 Å². The molecule has 2 aromatic rings. The molecule has 2 aliphatic rings. The van der Waals surface area contributed by atoms with Gasteiger partial charge in [-0.05, 0) is 43.5 Å². The van der Waals surface area contributed by atoms with E-state index in [-0.39, 0.29) is 11.5 Å². The molecule has 30 heavy (non-hydrogen) atoms. The quantitative estimate of drug-likeness (QED) is 0.563. The van der Waals surface area contributed by atoms with Crippen LogP contribution in [0.15, 0.2) is 53.5 Å². The van der Waals surface area contributed by atoms with E-state index in [2.05, 4.69) is 23.5 Å². The van der Waals surface area contributed by atoms with E-state index in [1.165, 1.54) is 5.56 Å². The van der Waals surface area contributed by atoms with Crippen LogP contribution in [0.5, 0.6) is 11.5 Å². The Morgan fingerprint density at radius 2 is 1.90 bits per heavy atom. The number of nitrogens with one attached hydrogen (secondary N) is 1. The lowest BCUT2D eigenvalue weighted by Crippen LogP contribution is -2.41. The van der Waals surface area contributed by atoms with Gasteiger partial charge in [0.05, 0.1) is 25.8 Å². The highest BCUT2D eigenvalue weighted by atomic mass is 16.5. The Morgan fingerprint density at radius 3 is 2.67 bits per heavy atom. The van der Waals surface area contributed by atoms with Crippen molar-refractivity contribution in [3.8, 4) is 11.5 Å². The van der Waals surface area contributed by atoms with Crippen LogP contribution in [0.1, 0.15) is 43.4 Å². The fraction of sp³-hybridized carbons (Fsp3) is 0.458. The molecule has 0 spiro atoms. The average Bonchev–Trinajstić information content (AvgIpc) is 2.79. The molecule has 0 aliphatic carbocycles. The van der Waals surface area contributed by atoms with Gasteiger partial charge < -0.3 is 25.3 Å². The lowest BCUT2D eigenvalue weighted by atomic mass is 9.74. The first-order chi connectivity index (χ1) is 14.7. The minimum Gasteiger partial charge on any atom is -0.494 e. The number of nitrogens with two attached hydrogens (primary N) is 1. The fourth-order valence-electron chi connectivity index (χ4n) is 4.32. The van der Waals surface area contributed by atoms with Crippen LogP contribution in [0.4, 0.5) is 0 Å². The molecule has 0 aromatic heterocycles. The number of guanidine groups is 1. The summed E-state index contributed by atoms with van der Waals surface area (Å²) in [7, 11) is 0. The first kappa shape index (κ1) is 20.5. The number of hydrogen-bond donors (Lipinski definition) is 2. The van der Waals surface area contributed by atoms with Crippen molar-refractivity contribution in [2.45, 2.75) is 37.6 Å². The summed E-state index contributed by atoms with van der Waals surface area (Å²) in [4.78, 5) is 4.78. The van der Waals surface area contributed by atoms with Gasteiger partial charge in [0.2, 0.25) is 0 Å². The Morgan fingerprint density at radius 1 is 1.13 bits per heavy atom. The van der Waals surface area contributed by atoms with E-state index in [4.69, 9.17) is 24.9 Å². The van der Waals surface area contributed by atoms with E-state index in [0.29, 0.717) is 25.7 Å². The van der Waals surface area contributed by atoms with Gasteiger partial charge in [0.25, 0.3) is 0 Å². The Balaban J connectivity index is 1.49. The van der Waals surface area contributed by atoms with Crippen molar-refractivity contribution >= 4 is 5.96 Å². The first-order valence-electron chi connectivity index (χ1n) is 10.8. The Hall–Kier alpha value is -2.73.